The second-order valence-corrected chi connectivity index (χ2v) is 7.84. The van der Waals surface area contributed by atoms with E-state index in [0.717, 1.165) is 29.7 Å². The number of carbonyl (C=O) groups is 2. The molecule has 1 saturated heterocycles. The van der Waals surface area contributed by atoms with Crippen LogP contribution < -0.4 is 0 Å². The summed E-state index contributed by atoms with van der Waals surface area (Å²) in [7, 11) is 0. The van der Waals surface area contributed by atoms with Crippen molar-refractivity contribution in [2.45, 2.75) is 25.8 Å². The van der Waals surface area contributed by atoms with Crippen LogP contribution in [0.25, 0.3) is 11.1 Å². The Labute approximate surface area is 183 Å². The maximum Gasteiger partial charge on any atom is 0.254 e. The van der Waals surface area contributed by atoms with E-state index in [1.807, 2.05) is 59.5 Å². The van der Waals surface area contributed by atoms with Gasteiger partial charge in [0.05, 0.1) is 0 Å². The molecule has 1 fully saturated rings. The van der Waals surface area contributed by atoms with Crippen LogP contribution in [-0.2, 0) is 11.2 Å². The van der Waals surface area contributed by atoms with E-state index >= 15 is 0 Å². The first-order chi connectivity index (χ1) is 15.2. The predicted octanol–water partition coefficient (Wildman–Crippen LogP) is 4.05. The summed E-state index contributed by atoms with van der Waals surface area (Å²) in [5.41, 5.74) is 3.87. The van der Waals surface area contributed by atoms with Crippen molar-refractivity contribution in [1.82, 2.24) is 14.8 Å². The minimum Gasteiger partial charge on any atom is -0.339 e. The molecule has 158 valence electrons. The normalized spacial score (nSPS) is 16.4. The van der Waals surface area contributed by atoms with Crippen LogP contribution in [0.3, 0.4) is 0 Å². The van der Waals surface area contributed by atoms with E-state index in [0.29, 0.717) is 25.1 Å². The van der Waals surface area contributed by atoms with Gasteiger partial charge >= 0.3 is 0 Å². The van der Waals surface area contributed by atoms with Crippen molar-refractivity contribution in [3.63, 3.8) is 0 Å². The molecule has 3 aromatic rings. The van der Waals surface area contributed by atoms with Crippen molar-refractivity contribution in [2.24, 2.45) is 0 Å². The Morgan fingerprint density at radius 2 is 1.61 bits per heavy atom. The predicted molar refractivity (Wildman–Crippen MR) is 122 cm³/mol. The molecule has 1 aliphatic heterocycles. The van der Waals surface area contributed by atoms with E-state index in [2.05, 4.69) is 24.0 Å². The molecule has 2 aromatic carbocycles. The summed E-state index contributed by atoms with van der Waals surface area (Å²) in [6.07, 6.45) is 4.97. The second-order valence-electron chi connectivity index (χ2n) is 7.84. The van der Waals surface area contributed by atoms with Gasteiger partial charge in [-0.1, -0.05) is 49.4 Å². The average molecular weight is 414 g/mol. The molecule has 5 nitrogen and oxygen atoms in total. The molecule has 1 unspecified atom stereocenters. The molecule has 0 radical (unpaired) electrons. The van der Waals surface area contributed by atoms with Gasteiger partial charge in [0.1, 0.15) is 6.04 Å². The number of rotatable bonds is 6. The zero-order chi connectivity index (χ0) is 21.6. The van der Waals surface area contributed by atoms with Gasteiger partial charge in [-0.3, -0.25) is 14.6 Å². The molecule has 1 aliphatic rings. The molecular weight excluding hydrogens is 386 g/mol. The lowest BCUT2D eigenvalue weighted by Gasteiger charge is -2.41. The van der Waals surface area contributed by atoms with Crippen LogP contribution >= 0.6 is 0 Å². The lowest BCUT2D eigenvalue weighted by Crippen LogP contribution is -2.59. The second kappa shape index (κ2) is 9.56. The number of nitrogens with zero attached hydrogens (tertiary/aromatic N) is 3. The van der Waals surface area contributed by atoms with Gasteiger partial charge in [0.25, 0.3) is 5.91 Å². The Morgan fingerprint density at radius 3 is 2.29 bits per heavy atom. The molecule has 5 heteroatoms. The van der Waals surface area contributed by atoms with Crippen LogP contribution in [0, 0.1) is 0 Å². The fourth-order valence-electron chi connectivity index (χ4n) is 4.12. The van der Waals surface area contributed by atoms with Crippen LogP contribution in [0.15, 0.2) is 79.1 Å². The summed E-state index contributed by atoms with van der Waals surface area (Å²) in [5.74, 6) is -0.0425. The summed E-state index contributed by atoms with van der Waals surface area (Å²) >= 11 is 0. The van der Waals surface area contributed by atoms with E-state index in [1.165, 1.54) is 0 Å². The minimum absolute atomic E-state index is 0.0376. The largest absolute Gasteiger partial charge is 0.339 e. The molecule has 0 spiro atoms. The number of piperazine rings is 1. The molecule has 4 rings (SSSR count). The lowest BCUT2D eigenvalue weighted by atomic mass is 9.97. The van der Waals surface area contributed by atoms with Crippen molar-refractivity contribution >= 4 is 11.8 Å². The van der Waals surface area contributed by atoms with Crippen LogP contribution in [0.2, 0.25) is 0 Å². The molecule has 0 aliphatic carbocycles. The molecule has 2 amide bonds. The maximum atomic E-state index is 13.3. The van der Waals surface area contributed by atoms with Gasteiger partial charge in [0.2, 0.25) is 5.91 Å². The Hall–Kier alpha value is -3.47. The molecule has 2 heterocycles. The summed E-state index contributed by atoms with van der Waals surface area (Å²) in [5, 5.41) is 0. The summed E-state index contributed by atoms with van der Waals surface area (Å²) < 4.78 is 0. The SMILES string of the molecule is CCCN1CCN(C(=O)c2ccccc2)C(Cc2ccc(-c3ccncc3)cc2)C1=O. The van der Waals surface area contributed by atoms with Gasteiger partial charge in [-0.25, -0.2) is 0 Å². The Balaban J connectivity index is 1.58. The van der Waals surface area contributed by atoms with Crippen LogP contribution in [0.1, 0.15) is 29.3 Å². The van der Waals surface area contributed by atoms with E-state index in [4.69, 9.17) is 0 Å². The number of aromatic nitrogens is 1. The van der Waals surface area contributed by atoms with Gasteiger partial charge in [0, 0.05) is 44.0 Å². The van der Waals surface area contributed by atoms with Gasteiger partial charge in [-0.15, -0.1) is 0 Å². The highest BCUT2D eigenvalue weighted by Crippen LogP contribution is 2.23. The Morgan fingerprint density at radius 1 is 0.935 bits per heavy atom. The van der Waals surface area contributed by atoms with Crippen LogP contribution in [-0.4, -0.2) is 52.3 Å². The number of amides is 2. The topological polar surface area (TPSA) is 53.5 Å². The van der Waals surface area contributed by atoms with Gasteiger partial charge in [-0.05, 0) is 47.4 Å². The van der Waals surface area contributed by atoms with Crippen molar-refractivity contribution in [1.29, 1.82) is 0 Å². The fraction of sp³-hybridized carbons (Fsp3) is 0.269. The molecule has 0 bridgehead atoms. The van der Waals surface area contributed by atoms with E-state index in [-0.39, 0.29) is 11.8 Å². The number of benzene rings is 2. The summed E-state index contributed by atoms with van der Waals surface area (Å²) in [4.78, 5) is 34.2. The van der Waals surface area contributed by atoms with E-state index in [1.54, 1.807) is 17.3 Å². The third-order valence-electron chi connectivity index (χ3n) is 5.76. The molecular formula is C26H27N3O2. The fourth-order valence-corrected chi connectivity index (χ4v) is 4.12. The Bertz CT molecular complexity index is 1020. The quantitative estimate of drug-likeness (QED) is 0.613. The number of pyridine rings is 1. The number of hydrogen-bond acceptors (Lipinski definition) is 3. The third-order valence-corrected chi connectivity index (χ3v) is 5.76. The summed E-state index contributed by atoms with van der Waals surface area (Å²) in [6, 6.07) is 20.9. The highest BCUT2D eigenvalue weighted by Gasteiger charge is 2.37. The molecule has 0 N–H and O–H groups in total. The van der Waals surface area contributed by atoms with Crippen molar-refractivity contribution in [2.75, 3.05) is 19.6 Å². The standard InChI is InChI=1S/C26H27N3O2/c1-2-16-28-17-18-29(25(30)23-6-4-3-5-7-23)24(26(28)31)19-20-8-10-21(11-9-20)22-12-14-27-15-13-22/h3-15,24H,2,16-19H2,1H3. The first-order valence-electron chi connectivity index (χ1n) is 10.8. The first kappa shape index (κ1) is 20.8. The highest BCUT2D eigenvalue weighted by molar-refractivity contribution is 5.98. The first-order valence-corrected chi connectivity index (χ1v) is 10.8. The zero-order valence-electron chi connectivity index (χ0n) is 17.8. The smallest absolute Gasteiger partial charge is 0.254 e. The van der Waals surface area contributed by atoms with Crippen molar-refractivity contribution in [3.05, 3.63) is 90.3 Å². The maximum absolute atomic E-state index is 13.3. The van der Waals surface area contributed by atoms with Crippen LogP contribution in [0.5, 0.6) is 0 Å². The van der Waals surface area contributed by atoms with E-state index in [9.17, 15) is 9.59 Å². The Kier molecular flexibility index (Phi) is 6.41. The molecule has 0 saturated carbocycles. The van der Waals surface area contributed by atoms with Crippen molar-refractivity contribution in [3.8, 4) is 11.1 Å². The zero-order valence-corrected chi connectivity index (χ0v) is 17.8. The van der Waals surface area contributed by atoms with Gasteiger partial charge in [0.15, 0.2) is 0 Å². The van der Waals surface area contributed by atoms with Crippen LogP contribution in [0.4, 0.5) is 0 Å². The van der Waals surface area contributed by atoms with Gasteiger partial charge < -0.3 is 9.80 Å². The minimum atomic E-state index is -0.486. The summed E-state index contributed by atoms with van der Waals surface area (Å²) in [6.45, 7) is 3.94. The van der Waals surface area contributed by atoms with Crippen molar-refractivity contribution < 1.29 is 9.59 Å². The average Bonchev–Trinajstić information content (AvgIpc) is 2.83. The number of carbonyl (C=O) groups excluding carboxylic acids is 2. The highest BCUT2D eigenvalue weighted by atomic mass is 16.2. The van der Waals surface area contributed by atoms with E-state index < -0.39 is 6.04 Å². The lowest BCUT2D eigenvalue weighted by molar-refractivity contribution is -0.140. The third kappa shape index (κ3) is 4.66. The monoisotopic (exact) mass is 413 g/mol. The van der Waals surface area contributed by atoms with Gasteiger partial charge in [-0.2, -0.15) is 0 Å². The molecule has 1 atom stereocenters. The molecule has 1 aromatic heterocycles. The number of hydrogen-bond donors (Lipinski definition) is 0. The molecule has 31 heavy (non-hydrogen) atoms.